The third-order valence-corrected chi connectivity index (χ3v) is 3.39. The van der Waals surface area contributed by atoms with Gasteiger partial charge < -0.3 is 19.9 Å². The van der Waals surface area contributed by atoms with Gasteiger partial charge in [-0.1, -0.05) is 11.6 Å². The summed E-state index contributed by atoms with van der Waals surface area (Å²) >= 11 is 6.03. The summed E-state index contributed by atoms with van der Waals surface area (Å²) in [5.74, 6) is -0.501. The Morgan fingerprint density at radius 1 is 1.43 bits per heavy atom. The van der Waals surface area contributed by atoms with Gasteiger partial charge in [-0.25, -0.2) is 14.6 Å². The number of nitrogens with one attached hydrogen (secondary N) is 2. The minimum absolute atomic E-state index is 0.119. The van der Waals surface area contributed by atoms with Crippen LogP contribution in [0.2, 0.25) is 5.02 Å². The molecule has 1 heterocycles. The Labute approximate surface area is 138 Å². The van der Waals surface area contributed by atoms with Gasteiger partial charge in [-0.05, 0) is 25.1 Å². The van der Waals surface area contributed by atoms with E-state index in [1.165, 1.54) is 25.3 Å². The number of rotatable bonds is 5. The number of methoxy groups -OCH3 is 1. The van der Waals surface area contributed by atoms with Crippen molar-refractivity contribution in [3.63, 3.8) is 0 Å². The molecule has 2 rings (SSSR count). The first-order chi connectivity index (χ1) is 11.0. The van der Waals surface area contributed by atoms with Gasteiger partial charge in [0.15, 0.2) is 0 Å². The zero-order valence-corrected chi connectivity index (χ0v) is 13.5. The summed E-state index contributed by atoms with van der Waals surface area (Å²) in [5, 5.41) is 5.74. The van der Waals surface area contributed by atoms with Crippen LogP contribution < -0.4 is 10.6 Å². The summed E-state index contributed by atoms with van der Waals surface area (Å²) in [6.45, 7) is 2.45. The summed E-state index contributed by atoms with van der Waals surface area (Å²) in [6.07, 6.45) is 5.16. The maximum Gasteiger partial charge on any atom is 0.337 e. The van der Waals surface area contributed by atoms with E-state index >= 15 is 0 Å². The summed E-state index contributed by atoms with van der Waals surface area (Å²) in [7, 11) is 1.29. The Kier molecular flexibility index (Phi) is 5.59. The third-order valence-electron chi connectivity index (χ3n) is 3.06. The minimum atomic E-state index is -0.501. The number of nitrogens with zero attached hydrogens (tertiary/aromatic N) is 2. The predicted molar refractivity (Wildman–Crippen MR) is 86.6 cm³/mol. The van der Waals surface area contributed by atoms with Crippen LogP contribution in [0.25, 0.3) is 0 Å². The average molecular weight is 337 g/mol. The SMILES string of the molecule is COC(=O)c1ccc(Cl)c(NC(=O)N[C@@H](C)Cn2ccnc2)c1. The number of urea groups is 1. The first kappa shape index (κ1) is 16.8. The average Bonchev–Trinajstić information content (AvgIpc) is 3.01. The Morgan fingerprint density at radius 3 is 2.87 bits per heavy atom. The summed E-state index contributed by atoms with van der Waals surface area (Å²) in [6, 6.07) is 3.99. The number of carbonyl (C=O) groups is 2. The minimum Gasteiger partial charge on any atom is -0.465 e. The summed E-state index contributed by atoms with van der Waals surface area (Å²) < 4.78 is 6.50. The molecule has 0 aliphatic heterocycles. The van der Waals surface area contributed by atoms with E-state index in [-0.39, 0.29) is 6.04 Å². The number of halogens is 1. The molecule has 2 N–H and O–H groups in total. The maximum absolute atomic E-state index is 12.0. The number of anilines is 1. The van der Waals surface area contributed by atoms with Crippen molar-refractivity contribution in [2.24, 2.45) is 0 Å². The normalized spacial score (nSPS) is 11.6. The van der Waals surface area contributed by atoms with E-state index in [1.54, 1.807) is 12.5 Å². The second-order valence-corrected chi connectivity index (χ2v) is 5.35. The maximum atomic E-state index is 12.0. The van der Waals surface area contributed by atoms with Crippen LogP contribution in [-0.2, 0) is 11.3 Å². The molecule has 0 bridgehead atoms. The molecular weight excluding hydrogens is 320 g/mol. The molecule has 0 aliphatic rings. The fraction of sp³-hybridized carbons (Fsp3) is 0.267. The van der Waals surface area contributed by atoms with Crippen molar-refractivity contribution in [3.05, 3.63) is 47.5 Å². The molecule has 1 aromatic heterocycles. The molecule has 23 heavy (non-hydrogen) atoms. The number of hydrogen-bond acceptors (Lipinski definition) is 4. The van der Waals surface area contributed by atoms with Gasteiger partial charge in [0.1, 0.15) is 0 Å². The third kappa shape index (κ3) is 4.72. The lowest BCUT2D eigenvalue weighted by molar-refractivity contribution is 0.0600. The van der Waals surface area contributed by atoms with Gasteiger partial charge in [0, 0.05) is 25.0 Å². The highest BCUT2D eigenvalue weighted by Crippen LogP contribution is 2.23. The van der Waals surface area contributed by atoms with Gasteiger partial charge in [0.2, 0.25) is 0 Å². The number of ether oxygens (including phenoxy) is 1. The van der Waals surface area contributed by atoms with Gasteiger partial charge in [-0.15, -0.1) is 0 Å². The monoisotopic (exact) mass is 336 g/mol. The number of imidazole rings is 1. The zero-order chi connectivity index (χ0) is 16.8. The van der Waals surface area contributed by atoms with Crippen LogP contribution >= 0.6 is 11.6 Å². The Hall–Kier alpha value is -2.54. The van der Waals surface area contributed by atoms with Gasteiger partial charge in [-0.2, -0.15) is 0 Å². The fourth-order valence-corrected chi connectivity index (χ4v) is 2.17. The first-order valence-electron chi connectivity index (χ1n) is 6.90. The van der Waals surface area contributed by atoms with Crippen LogP contribution in [0.1, 0.15) is 17.3 Å². The molecule has 0 unspecified atom stereocenters. The van der Waals surface area contributed by atoms with E-state index in [0.29, 0.717) is 22.8 Å². The number of amides is 2. The van der Waals surface area contributed by atoms with Crippen molar-refractivity contribution < 1.29 is 14.3 Å². The van der Waals surface area contributed by atoms with Gasteiger partial charge in [0.05, 0.1) is 29.7 Å². The van der Waals surface area contributed by atoms with Gasteiger partial charge in [-0.3, -0.25) is 0 Å². The van der Waals surface area contributed by atoms with E-state index in [9.17, 15) is 9.59 Å². The number of aromatic nitrogens is 2. The molecule has 0 aliphatic carbocycles. The molecule has 1 atom stereocenters. The topological polar surface area (TPSA) is 85.2 Å². The molecule has 1 aromatic carbocycles. The Bertz CT molecular complexity index is 688. The molecule has 8 heteroatoms. The van der Waals surface area contributed by atoms with Crippen LogP contribution in [0.5, 0.6) is 0 Å². The lowest BCUT2D eigenvalue weighted by Crippen LogP contribution is -2.38. The zero-order valence-electron chi connectivity index (χ0n) is 12.7. The molecule has 0 fully saturated rings. The molecule has 2 aromatic rings. The highest BCUT2D eigenvalue weighted by atomic mass is 35.5. The second kappa shape index (κ2) is 7.64. The van der Waals surface area contributed by atoms with Crippen LogP contribution in [0, 0.1) is 0 Å². The van der Waals surface area contributed by atoms with Crippen LogP contribution in [0.4, 0.5) is 10.5 Å². The summed E-state index contributed by atoms with van der Waals surface area (Å²) in [4.78, 5) is 27.5. The van der Waals surface area contributed by atoms with Crippen molar-refractivity contribution in [1.29, 1.82) is 0 Å². The Morgan fingerprint density at radius 2 is 2.22 bits per heavy atom. The lowest BCUT2D eigenvalue weighted by Gasteiger charge is -2.16. The van der Waals surface area contributed by atoms with E-state index in [2.05, 4.69) is 20.4 Å². The van der Waals surface area contributed by atoms with Crippen molar-refractivity contribution in [2.45, 2.75) is 19.5 Å². The molecule has 122 valence electrons. The lowest BCUT2D eigenvalue weighted by atomic mass is 10.2. The van der Waals surface area contributed by atoms with E-state index in [4.69, 9.17) is 11.6 Å². The highest BCUT2D eigenvalue weighted by Gasteiger charge is 2.13. The van der Waals surface area contributed by atoms with Crippen molar-refractivity contribution in [2.75, 3.05) is 12.4 Å². The van der Waals surface area contributed by atoms with Gasteiger partial charge >= 0.3 is 12.0 Å². The molecule has 0 saturated carbocycles. The number of hydrogen-bond donors (Lipinski definition) is 2. The van der Waals surface area contributed by atoms with Crippen LogP contribution in [0.15, 0.2) is 36.9 Å². The van der Waals surface area contributed by atoms with Crippen molar-refractivity contribution in [3.8, 4) is 0 Å². The molecule has 7 nitrogen and oxygen atoms in total. The first-order valence-corrected chi connectivity index (χ1v) is 7.28. The van der Waals surface area contributed by atoms with Gasteiger partial charge in [0.25, 0.3) is 0 Å². The van der Waals surface area contributed by atoms with E-state index < -0.39 is 12.0 Å². The smallest absolute Gasteiger partial charge is 0.337 e. The molecule has 0 saturated heterocycles. The number of benzene rings is 1. The van der Waals surface area contributed by atoms with Crippen molar-refractivity contribution in [1.82, 2.24) is 14.9 Å². The number of carbonyl (C=O) groups excluding carboxylic acids is 2. The van der Waals surface area contributed by atoms with Crippen LogP contribution in [0.3, 0.4) is 0 Å². The molecule has 0 radical (unpaired) electrons. The summed E-state index contributed by atoms with van der Waals surface area (Å²) in [5.41, 5.74) is 0.639. The largest absolute Gasteiger partial charge is 0.465 e. The highest BCUT2D eigenvalue weighted by molar-refractivity contribution is 6.33. The standard InChI is InChI=1S/C15H17ClN4O3/c1-10(8-20-6-5-17-9-20)18-15(22)19-13-7-11(14(21)23-2)3-4-12(13)16/h3-7,9-10H,8H2,1-2H3,(H2,18,19,22)/t10-/m0/s1. The molecule has 2 amide bonds. The van der Waals surface area contributed by atoms with Crippen LogP contribution in [-0.4, -0.2) is 34.7 Å². The number of esters is 1. The van der Waals surface area contributed by atoms with Crippen molar-refractivity contribution >= 4 is 29.3 Å². The molecular formula is C15H17ClN4O3. The van der Waals surface area contributed by atoms with E-state index in [1.807, 2.05) is 17.7 Å². The fourth-order valence-electron chi connectivity index (χ4n) is 2.00. The van der Waals surface area contributed by atoms with E-state index in [0.717, 1.165) is 0 Å². The predicted octanol–water partition coefficient (Wildman–Crippen LogP) is 2.53. The Balaban J connectivity index is 1.98. The second-order valence-electron chi connectivity index (χ2n) is 4.95. The quantitative estimate of drug-likeness (QED) is 0.822. The molecule has 0 spiro atoms.